The first-order valence-electron chi connectivity index (χ1n) is 1.28. The maximum Gasteiger partial charge on any atom is 0.160 e. The normalized spacial score (nSPS) is 4.00. The van der Waals surface area contributed by atoms with E-state index in [-0.39, 0.29) is 27.5 Å². The molecule has 0 bridgehead atoms. The van der Waals surface area contributed by atoms with Crippen LogP contribution in [-0.2, 0) is 22.4 Å². The van der Waals surface area contributed by atoms with Crippen LogP contribution in [0.25, 0.3) is 0 Å². The topological polar surface area (TPSA) is 52.0 Å². The van der Waals surface area contributed by atoms with Crippen molar-refractivity contribution in [1.29, 1.82) is 0 Å². The van der Waals surface area contributed by atoms with Crippen molar-refractivity contribution in [2.24, 2.45) is 11.5 Å². The zero-order valence-corrected chi connectivity index (χ0v) is 6.08. The summed E-state index contributed by atoms with van der Waals surface area (Å²) < 4.78 is 0. The van der Waals surface area contributed by atoms with Crippen LogP contribution in [0.1, 0.15) is 0 Å². The Morgan fingerprint density at radius 3 is 1.29 bits per heavy atom. The van der Waals surface area contributed by atoms with Crippen LogP contribution in [0.5, 0.6) is 0 Å². The van der Waals surface area contributed by atoms with Crippen molar-refractivity contribution < 1.29 is 22.4 Å². The molecule has 0 aliphatic heterocycles. The number of hydrogen-bond acceptors (Lipinski definition) is 1. The van der Waals surface area contributed by atoms with Gasteiger partial charge in [0, 0.05) is 22.4 Å². The molecule has 0 spiro atoms. The van der Waals surface area contributed by atoms with Gasteiger partial charge in [-0.1, -0.05) is 0 Å². The summed E-state index contributed by atoms with van der Waals surface area (Å²) in [5.74, 6) is 0. The first-order valence-corrected chi connectivity index (χ1v) is 1.69. The minimum Gasteiger partial charge on any atom is -0.377 e. The third kappa shape index (κ3) is 3700. The zero-order chi connectivity index (χ0) is 5.58. The van der Waals surface area contributed by atoms with Crippen LogP contribution in [-0.4, -0.2) is 5.11 Å². The van der Waals surface area contributed by atoms with Gasteiger partial charge in [0.05, 0.1) is 0 Å². The zero-order valence-electron chi connectivity index (χ0n) is 3.78. The third-order valence-electron chi connectivity index (χ3n) is 0. The predicted molar refractivity (Wildman–Crippen MR) is 32.2 cm³/mol. The van der Waals surface area contributed by atoms with Crippen molar-refractivity contribution in [2.75, 3.05) is 0 Å². The monoisotopic (exact) mass is 211 g/mol. The Morgan fingerprint density at radius 2 is 1.29 bits per heavy atom. The molecule has 0 atom stereocenters. The summed E-state index contributed by atoms with van der Waals surface area (Å²) >= 11 is 4.09. The molecule has 2 nitrogen and oxygen atoms in total. The molecule has 0 aliphatic carbocycles. The Balaban J connectivity index is -0.0000000480. The van der Waals surface area contributed by atoms with E-state index in [2.05, 4.69) is 36.8 Å². The molecular formula is C3H8AgN2S. The van der Waals surface area contributed by atoms with Gasteiger partial charge >= 0.3 is 0 Å². The first-order chi connectivity index (χ1) is 2.73. The van der Waals surface area contributed by atoms with Crippen LogP contribution in [0.15, 0.2) is 13.2 Å². The van der Waals surface area contributed by atoms with Gasteiger partial charge in [-0.05, 0) is 12.2 Å². The van der Waals surface area contributed by atoms with Crippen LogP contribution >= 0.6 is 12.2 Å². The fourth-order valence-electron chi connectivity index (χ4n) is 0. The minimum atomic E-state index is 0. The average molecular weight is 212 g/mol. The number of thiocarbonyl (C=S) groups is 1. The maximum atomic E-state index is 4.62. The van der Waals surface area contributed by atoms with Crippen LogP contribution in [0.3, 0.4) is 0 Å². The van der Waals surface area contributed by atoms with Crippen molar-refractivity contribution in [3.63, 3.8) is 0 Å². The smallest absolute Gasteiger partial charge is 0.160 e. The number of hydrogen-bond donors (Lipinski definition) is 2. The summed E-state index contributed by atoms with van der Waals surface area (Å²) in [7, 11) is 0. The molecular weight excluding hydrogens is 204 g/mol. The Labute approximate surface area is 64.5 Å². The van der Waals surface area contributed by atoms with Gasteiger partial charge in [0.2, 0.25) is 0 Å². The van der Waals surface area contributed by atoms with Crippen LogP contribution in [0.2, 0.25) is 0 Å². The Morgan fingerprint density at radius 1 is 1.29 bits per heavy atom. The van der Waals surface area contributed by atoms with E-state index < -0.39 is 0 Å². The van der Waals surface area contributed by atoms with E-state index in [0.717, 1.165) is 0 Å². The quantitative estimate of drug-likeness (QED) is 0.337. The largest absolute Gasteiger partial charge is 0.377 e. The van der Waals surface area contributed by atoms with Gasteiger partial charge in [-0.25, -0.2) is 0 Å². The summed E-state index contributed by atoms with van der Waals surface area (Å²) in [6, 6.07) is 0. The molecule has 0 saturated carbocycles. The van der Waals surface area contributed by atoms with Gasteiger partial charge in [-0.3, -0.25) is 0 Å². The summed E-state index contributed by atoms with van der Waals surface area (Å²) in [6.45, 7) is 6.00. The minimum absolute atomic E-state index is 0. The number of rotatable bonds is 0. The third-order valence-corrected chi connectivity index (χ3v) is 0. The van der Waals surface area contributed by atoms with Gasteiger partial charge in [0.15, 0.2) is 5.11 Å². The van der Waals surface area contributed by atoms with Gasteiger partial charge in [0.1, 0.15) is 0 Å². The second-order valence-corrected chi connectivity index (χ2v) is 0.874. The van der Waals surface area contributed by atoms with Crippen molar-refractivity contribution in [3.05, 3.63) is 13.2 Å². The van der Waals surface area contributed by atoms with E-state index in [0.29, 0.717) is 0 Å². The molecule has 4 heteroatoms. The SMILES string of the molecule is C=C.NC(N)=S.[Ag]. The number of nitrogens with two attached hydrogens (primary N) is 2. The molecule has 7 heavy (non-hydrogen) atoms. The van der Waals surface area contributed by atoms with E-state index in [1.807, 2.05) is 0 Å². The van der Waals surface area contributed by atoms with Gasteiger partial charge in [-0.2, -0.15) is 0 Å². The van der Waals surface area contributed by atoms with E-state index >= 15 is 0 Å². The molecule has 0 aromatic carbocycles. The van der Waals surface area contributed by atoms with Crippen LogP contribution in [0, 0.1) is 0 Å². The first kappa shape index (κ1) is 15.7. The average Bonchev–Trinajstić information content (AvgIpc) is 1.41. The Hall–Kier alpha value is 0.170. The van der Waals surface area contributed by atoms with E-state index in [9.17, 15) is 0 Å². The van der Waals surface area contributed by atoms with Crippen molar-refractivity contribution in [1.82, 2.24) is 0 Å². The summed E-state index contributed by atoms with van der Waals surface area (Å²) in [5.41, 5.74) is 9.24. The van der Waals surface area contributed by atoms with E-state index in [1.165, 1.54) is 0 Å². The fourth-order valence-corrected chi connectivity index (χ4v) is 0. The molecule has 0 fully saturated rings. The molecule has 0 amide bonds. The summed E-state index contributed by atoms with van der Waals surface area (Å²) in [6.07, 6.45) is 0. The van der Waals surface area contributed by atoms with Crippen molar-refractivity contribution in [3.8, 4) is 0 Å². The van der Waals surface area contributed by atoms with Crippen molar-refractivity contribution in [2.45, 2.75) is 0 Å². The van der Waals surface area contributed by atoms with Crippen molar-refractivity contribution >= 4 is 17.3 Å². The van der Waals surface area contributed by atoms with Crippen LogP contribution in [0.4, 0.5) is 0 Å². The van der Waals surface area contributed by atoms with E-state index in [1.54, 1.807) is 0 Å². The fraction of sp³-hybridized carbons (Fsp3) is 0. The van der Waals surface area contributed by atoms with Gasteiger partial charge < -0.3 is 11.5 Å². The maximum absolute atomic E-state index is 4.62. The van der Waals surface area contributed by atoms with Gasteiger partial charge in [0.25, 0.3) is 0 Å². The molecule has 0 aliphatic rings. The van der Waals surface area contributed by atoms with E-state index in [4.69, 9.17) is 0 Å². The Bertz CT molecular complexity index is 44.2. The summed E-state index contributed by atoms with van der Waals surface area (Å²) in [5, 5.41) is 0.000000000000000222. The molecule has 4 N–H and O–H groups in total. The molecule has 0 heterocycles. The molecule has 0 saturated heterocycles. The molecule has 0 rings (SSSR count). The second-order valence-electron chi connectivity index (χ2n) is 0.402. The molecule has 0 unspecified atom stereocenters. The molecule has 0 aromatic rings. The van der Waals surface area contributed by atoms with Gasteiger partial charge in [-0.15, -0.1) is 13.2 Å². The summed E-state index contributed by atoms with van der Waals surface area (Å²) in [4.78, 5) is 0. The predicted octanol–water partition coefficient (Wildman–Crippen LogP) is -0.0116. The molecule has 0 aromatic heterocycles. The molecule has 1 radical (unpaired) electrons. The molecule has 47 valence electrons. The second kappa shape index (κ2) is 16.4. The van der Waals surface area contributed by atoms with Crippen LogP contribution < -0.4 is 11.5 Å². The standard InChI is InChI=1S/C2H4.CH4N2S.Ag/c1-2;2-1(3)4;/h1-2H2;(H4,2,3,4);. The Kier molecular flexibility index (Phi) is 36.8.